The number of carbonyl (C=O) groups is 3. The Bertz CT molecular complexity index is 1000. The lowest BCUT2D eigenvalue weighted by atomic mass is 9.66. The first kappa shape index (κ1) is 23.4. The van der Waals surface area contributed by atoms with Crippen LogP contribution in [0.4, 0.5) is 5.69 Å². The number of aliphatic hydroxyl groups is 1. The summed E-state index contributed by atoms with van der Waals surface area (Å²) >= 11 is 0. The number of aliphatic hydroxyl groups excluding tert-OH is 1. The zero-order chi connectivity index (χ0) is 24.3. The standard InChI is InChI=1S/C25H32N2O6/c1-6-12-26(19-14(2)8-7-9-15(19)3)22(30)20-25-11-10-24(5,33-25)18(23(31)32)17(25)21(29)27(20)16(4)13-28/h6-9,16-18,20,28H,1,10-13H2,2-5H3,(H,31,32)/t16-,17+,18-,20?,24+,25?/m1/s1. The van der Waals surface area contributed by atoms with Crippen molar-refractivity contribution in [1.82, 2.24) is 4.90 Å². The number of likely N-dealkylation sites (tertiary alicyclic amines) is 1. The molecule has 2 N–H and O–H groups in total. The number of carboxylic acids is 1. The summed E-state index contributed by atoms with van der Waals surface area (Å²) in [6, 6.07) is 4.04. The number of ether oxygens (including phenoxy) is 1. The van der Waals surface area contributed by atoms with Crippen molar-refractivity contribution in [3.63, 3.8) is 0 Å². The number of hydrogen-bond acceptors (Lipinski definition) is 5. The van der Waals surface area contributed by atoms with E-state index in [1.165, 1.54) is 4.90 Å². The molecule has 1 aromatic carbocycles. The van der Waals surface area contributed by atoms with E-state index in [0.717, 1.165) is 16.8 Å². The first-order chi connectivity index (χ1) is 15.5. The number of aryl methyl sites for hydroxylation is 2. The molecule has 8 heteroatoms. The van der Waals surface area contributed by atoms with Gasteiger partial charge in [0.15, 0.2) is 0 Å². The summed E-state index contributed by atoms with van der Waals surface area (Å²) < 4.78 is 6.40. The molecule has 3 heterocycles. The first-order valence-corrected chi connectivity index (χ1v) is 11.4. The van der Waals surface area contributed by atoms with E-state index in [-0.39, 0.29) is 19.1 Å². The van der Waals surface area contributed by atoms with Crippen molar-refractivity contribution in [2.24, 2.45) is 11.8 Å². The van der Waals surface area contributed by atoms with E-state index in [1.807, 2.05) is 32.0 Å². The highest BCUT2D eigenvalue weighted by atomic mass is 16.5. The van der Waals surface area contributed by atoms with Crippen LogP contribution in [0.2, 0.25) is 0 Å². The number of rotatable bonds is 7. The van der Waals surface area contributed by atoms with Crippen LogP contribution in [0.15, 0.2) is 30.9 Å². The molecule has 2 bridgehead atoms. The Hall–Kier alpha value is -2.71. The molecule has 1 aromatic rings. The number of carboxylic acid groups (broad SMARTS) is 1. The highest BCUT2D eigenvalue weighted by Crippen LogP contribution is 2.63. The molecule has 1 spiro atoms. The molecule has 3 aliphatic heterocycles. The smallest absolute Gasteiger partial charge is 0.310 e. The summed E-state index contributed by atoms with van der Waals surface area (Å²) in [4.78, 5) is 43.2. The molecule has 0 aromatic heterocycles. The van der Waals surface area contributed by atoms with E-state index in [2.05, 4.69) is 6.58 Å². The average molecular weight is 457 g/mol. The Morgan fingerprint density at radius 2 is 1.97 bits per heavy atom. The SMILES string of the molecule is C=CCN(C(=O)C1N([C@H](C)CO)C(=O)[C@@H]2[C@H](C(=O)O)[C@]3(C)CCC12O3)c1c(C)cccc1C. The number of carbonyl (C=O) groups excluding carboxylic acids is 2. The first-order valence-electron chi connectivity index (χ1n) is 11.4. The zero-order valence-electron chi connectivity index (χ0n) is 19.6. The van der Waals surface area contributed by atoms with Crippen LogP contribution in [-0.2, 0) is 19.1 Å². The van der Waals surface area contributed by atoms with Gasteiger partial charge in [0.1, 0.15) is 11.6 Å². The van der Waals surface area contributed by atoms with E-state index in [4.69, 9.17) is 4.74 Å². The third-order valence-electron chi connectivity index (χ3n) is 7.74. The molecule has 3 saturated heterocycles. The number of para-hydroxylation sites is 1. The lowest BCUT2D eigenvalue weighted by molar-refractivity contribution is -0.155. The monoisotopic (exact) mass is 456 g/mol. The van der Waals surface area contributed by atoms with Crippen LogP contribution in [0, 0.1) is 25.7 Å². The van der Waals surface area contributed by atoms with E-state index < -0.39 is 47.0 Å². The minimum atomic E-state index is -1.24. The second-order valence-corrected chi connectivity index (χ2v) is 9.82. The summed E-state index contributed by atoms with van der Waals surface area (Å²) in [5, 5.41) is 19.9. The van der Waals surface area contributed by atoms with E-state index in [1.54, 1.807) is 24.8 Å². The molecular weight excluding hydrogens is 424 g/mol. The minimum absolute atomic E-state index is 0.219. The molecule has 0 saturated carbocycles. The summed E-state index contributed by atoms with van der Waals surface area (Å²) in [6.07, 6.45) is 2.48. The van der Waals surface area contributed by atoms with Crippen molar-refractivity contribution < 1.29 is 29.3 Å². The molecule has 3 aliphatic rings. The Morgan fingerprint density at radius 1 is 1.33 bits per heavy atom. The van der Waals surface area contributed by atoms with E-state index in [0.29, 0.717) is 12.8 Å². The van der Waals surface area contributed by atoms with Crippen LogP contribution in [0.3, 0.4) is 0 Å². The third-order valence-corrected chi connectivity index (χ3v) is 7.74. The molecule has 8 nitrogen and oxygen atoms in total. The van der Waals surface area contributed by atoms with Crippen LogP contribution < -0.4 is 4.90 Å². The van der Waals surface area contributed by atoms with Crippen LogP contribution in [0.1, 0.15) is 37.8 Å². The van der Waals surface area contributed by atoms with Crippen molar-refractivity contribution in [2.45, 2.75) is 63.8 Å². The quantitative estimate of drug-likeness (QED) is 0.608. The molecule has 4 rings (SSSR count). The summed E-state index contributed by atoms with van der Waals surface area (Å²) in [7, 11) is 0. The van der Waals surface area contributed by atoms with Crippen LogP contribution in [-0.4, -0.2) is 69.3 Å². The van der Waals surface area contributed by atoms with Crippen molar-refractivity contribution >= 4 is 23.5 Å². The van der Waals surface area contributed by atoms with Gasteiger partial charge in [-0.05, 0) is 51.7 Å². The molecule has 178 valence electrons. The third kappa shape index (κ3) is 3.14. The molecule has 3 fully saturated rings. The van der Waals surface area contributed by atoms with Gasteiger partial charge < -0.3 is 24.7 Å². The molecule has 2 unspecified atom stereocenters. The van der Waals surface area contributed by atoms with Gasteiger partial charge in [-0.3, -0.25) is 14.4 Å². The fourth-order valence-electron chi connectivity index (χ4n) is 6.38. The number of fused-ring (bicyclic) bond motifs is 1. The van der Waals surface area contributed by atoms with Gasteiger partial charge in [-0.15, -0.1) is 6.58 Å². The fraction of sp³-hybridized carbons (Fsp3) is 0.560. The van der Waals surface area contributed by atoms with Crippen LogP contribution >= 0.6 is 0 Å². The summed E-state index contributed by atoms with van der Waals surface area (Å²) in [5.74, 6) is -3.90. The Labute approximate surface area is 193 Å². The maximum absolute atomic E-state index is 14.3. The van der Waals surface area contributed by atoms with Gasteiger partial charge in [0.25, 0.3) is 5.91 Å². The van der Waals surface area contributed by atoms with Gasteiger partial charge in [0.05, 0.1) is 30.1 Å². The largest absolute Gasteiger partial charge is 0.481 e. The predicted octanol–water partition coefficient (Wildman–Crippen LogP) is 2.05. The Kier molecular flexibility index (Phi) is 5.65. The van der Waals surface area contributed by atoms with Crippen molar-refractivity contribution in [2.75, 3.05) is 18.1 Å². The zero-order valence-corrected chi connectivity index (χ0v) is 19.6. The summed E-state index contributed by atoms with van der Waals surface area (Å²) in [6.45, 7) is 10.9. The predicted molar refractivity (Wildman–Crippen MR) is 122 cm³/mol. The second kappa shape index (κ2) is 7.95. The molecule has 2 amide bonds. The minimum Gasteiger partial charge on any atom is -0.481 e. The maximum atomic E-state index is 14.3. The second-order valence-electron chi connectivity index (χ2n) is 9.82. The lowest BCUT2D eigenvalue weighted by Crippen LogP contribution is -2.58. The highest BCUT2D eigenvalue weighted by Gasteiger charge is 2.78. The highest BCUT2D eigenvalue weighted by molar-refractivity contribution is 6.05. The van der Waals surface area contributed by atoms with Gasteiger partial charge >= 0.3 is 5.97 Å². The molecule has 0 radical (unpaired) electrons. The Morgan fingerprint density at radius 3 is 2.52 bits per heavy atom. The lowest BCUT2D eigenvalue weighted by Gasteiger charge is -2.39. The topological polar surface area (TPSA) is 107 Å². The van der Waals surface area contributed by atoms with Gasteiger partial charge in [-0.2, -0.15) is 0 Å². The van der Waals surface area contributed by atoms with Gasteiger partial charge in [0, 0.05) is 12.2 Å². The van der Waals surface area contributed by atoms with Crippen molar-refractivity contribution in [3.05, 3.63) is 42.0 Å². The van der Waals surface area contributed by atoms with Crippen molar-refractivity contribution in [3.8, 4) is 0 Å². The average Bonchev–Trinajstić information content (AvgIpc) is 3.32. The van der Waals surface area contributed by atoms with Gasteiger partial charge in [-0.1, -0.05) is 24.3 Å². The number of aliphatic carboxylic acids is 1. The van der Waals surface area contributed by atoms with Crippen molar-refractivity contribution in [1.29, 1.82) is 0 Å². The molecular formula is C25H32N2O6. The van der Waals surface area contributed by atoms with Gasteiger partial charge in [0.2, 0.25) is 5.91 Å². The summed E-state index contributed by atoms with van der Waals surface area (Å²) in [5.41, 5.74) is 0.279. The fourth-order valence-corrected chi connectivity index (χ4v) is 6.38. The van der Waals surface area contributed by atoms with Crippen LogP contribution in [0.5, 0.6) is 0 Å². The molecule has 0 aliphatic carbocycles. The number of amides is 2. The molecule has 33 heavy (non-hydrogen) atoms. The molecule has 6 atom stereocenters. The normalized spacial score (nSPS) is 33.2. The van der Waals surface area contributed by atoms with Crippen LogP contribution in [0.25, 0.3) is 0 Å². The maximum Gasteiger partial charge on any atom is 0.310 e. The van der Waals surface area contributed by atoms with Gasteiger partial charge in [-0.25, -0.2) is 0 Å². The number of hydrogen-bond donors (Lipinski definition) is 2. The number of nitrogens with zero attached hydrogens (tertiary/aromatic N) is 2. The Balaban J connectivity index is 1.88. The van der Waals surface area contributed by atoms with E-state index >= 15 is 0 Å². The van der Waals surface area contributed by atoms with E-state index in [9.17, 15) is 24.6 Å². The number of benzene rings is 1. The number of anilines is 1.